The van der Waals surface area contributed by atoms with Crippen LogP contribution in [0.3, 0.4) is 0 Å². The van der Waals surface area contributed by atoms with E-state index in [0.717, 1.165) is 11.4 Å². The Morgan fingerprint density at radius 3 is 2.42 bits per heavy atom. The maximum absolute atomic E-state index is 12.0. The van der Waals surface area contributed by atoms with E-state index in [-0.39, 0.29) is 18.0 Å². The number of aromatic nitrogens is 2. The third kappa shape index (κ3) is 4.13. The lowest BCUT2D eigenvalue weighted by Crippen LogP contribution is -2.22. The molecule has 1 amide bonds. The Labute approximate surface area is 139 Å². The molecule has 0 fully saturated rings. The molecular weight excluding hydrogens is 310 g/mol. The number of hydrogen-bond donors (Lipinski definition) is 2. The Morgan fingerprint density at radius 2 is 1.88 bits per heavy atom. The number of ether oxygens (including phenoxy) is 1. The Balaban J connectivity index is 1.92. The monoisotopic (exact) mass is 331 g/mol. The highest BCUT2D eigenvalue weighted by Gasteiger charge is 2.10. The molecule has 1 heterocycles. The summed E-state index contributed by atoms with van der Waals surface area (Å²) < 4.78 is 6.44. The Morgan fingerprint density at radius 1 is 1.21 bits per heavy atom. The van der Waals surface area contributed by atoms with Crippen LogP contribution in [0.1, 0.15) is 35.1 Å². The molecule has 0 unspecified atom stereocenters. The molecule has 0 atom stereocenters. The number of carbonyl (C=O) groups is 2. The van der Waals surface area contributed by atoms with Gasteiger partial charge in [-0.3, -0.25) is 9.36 Å². The largest absolute Gasteiger partial charge is 0.462 e. The van der Waals surface area contributed by atoms with Crippen LogP contribution in [0.15, 0.2) is 29.1 Å². The fourth-order valence-electron chi connectivity index (χ4n) is 2.28. The van der Waals surface area contributed by atoms with Gasteiger partial charge < -0.3 is 15.0 Å². The smallest absolute Gasteiger partial charge is 0.338 e. The van der Waals surface area contributed by atoms with Gasteiger partial charge in [-0.25, -0.2) is 9.59 Å². The molecule has 0 radical (unpaired) electrons. The van der Waals surface area contributed by atoms with E-state index in [1.54, 1.807) is 35.8 Å². The van der Waals surface area contributed by atoms with Crippen LogP contribution in [0.5, 0.6) is 0 Å². The number of carbonyl (C=O) groups excluding carboxylic acids is 2. The summed E-state index contributed by atoms with van der Waals surface area (Å²) in [5, 5.41) is 2.74. The molecule has 0 aliphatic heterocycles. The minimum atomic E-state index is -0.395. The van der Waals surface area contributed by atoms with Crippen LogP contribution in [-0.4, -0.2) is 28.0 Å². The van der Waals surface area contributed by atoms with E-state index in [2.05, 4.69) is 10.3 Å². The first-order valence-corrected chi connectivity index (χ1v) is 7.75. The molecule has 0 aliphatic carbocycles. The maximum Gasteiger partial charge on any atom is 0.338 e. The van der Waals surface area contributed by atoms with Crippen molar-refractivity contribution in [2.24, 2.45) is 0 Å². The number of rotatable bonds is 6. The van der Waals surface area contributed by atoms with Crippen LogP contribution in [0.25, 0.3) is 0 Å². The molecule has 7 heteroatoms. The van der Waals surface area contributed by atoms with Crippen molar-refractivity contribution in [3.63, 3.8) is 0 Å². The summed E-state index contributed by atoms with van der Waals surface area (Å²) in [6.45, 7) is 6.01. The lowest BCUT2D eigenvalue weighted by atomic mass is 10.2. The number of benzene rings is 1. The number of aromatic amines is 1. The molecule has 0 bridgehead atoms. The van der Waals surface area contributed by atoms with Crippen LogP contribution in [-0.2, 0) is 16.1 Å². The van der Waals surface area contributed by atoms with Crippen molar-refractivity contribution in [2.45, 2.75) is 33.7 Å². The summed E-state index contributed by atoms with van der Waals surface area (Å²) in [5.74, 6) is -0.600. The number of aryl methyl sites for hydroxylation is 1. The number of imidazole rings is 1. The lowest BCUT2D eigenvalue weighted by molar-refractivity contribution is -0.116. The number of hydrogen-bond acceptors (Lipinski definition) is 4. The number of nitrogens with zero attached hydrogens (tertiary/aromatic N) is 1. The fourth-order valence-corrected chi connectivity index (χ4v) is 2.28. The van der Waals surface area contributed by atoms with Crippen molar-refractivity contribution in [2.75, 3.05) is 11.9 Å². The summed E-state index contributed by atoms with van der Waals surface area (Å²) in [6.07, 6.45) is 0.178. The molecule has 1 aromatic heterocycles. The third-order valence-corrected chi connectivity index (χ3v) is 3.73. The summed E-state index contributed by atoms with van der Waals surface area (Å²) in [6, 6.07) is 6.47. The van der Waals surface area contributed by atoms with Crippen LogP contribution < -0.4 is 11.0 Å². The molecule has 2 rings (SSSR count). The van der Waals surface area contributed by atoms with Crippen molar-refractivity contribution in [3.05, 3.63) is 51.7 Å². The molecule has 1 aromatic carbocycles. The predicted molar refractivity (Wildman–Crippen MR) is 90.2 cm³/mol. The fraction of sp³-hybridized carbons (Fsp3) is 0.353. The number of H-pyrrole nitrogens is 1. The van der Waals surface area contributed by atoms with Crippen molar-refractivity contribution < 1.29 is 14.3 Å². The molecule has 2 N–H and O–H groups in total. The van der Waals surface area contributed by atoms with Crippen molar-refractivity contribution in [3.8, 4) is 0 Å². The van der Waals surface area contributed by atoms with E-state index in [1.807, 2.05) is 13.8 Å². The molecular formula is C17H21N3O4. The molecule has 128 valence electrons. The van der Waals surface area contributed by atoms with Gasteiger partial charge >= 0.3 is 11.7 Å². The Hall–Kier alpha value is -2.83. The summed E-state index contributed by atoms with van der Waals surface area (Å²) >= 11 is 0. The van der Waals surface area contributed by atoms with Gasteiger partial charge in [-0.05, 0) is 45.0 Å². The number of nitrogens with one attached hydrogen (secondary N) is 2. The zero-order valence-corrected chi connectivity index (χ0v) is 14.0. The zero-order chi connectivity index (χ0) is 17.7. The molecule has 0 spiro atoms. The van der Waals surface area contributed by atoms with Gasteiger partial charge in [0.25, 0.3) is 0 Å². The third-order valence-electron chi connectivity index (χ3n) is 3.73. The average molecular weight is 331 g/mol. The van der Waals surface area contributed by atoms with Gasteiger partial charge in [0, 0.05) is 30.0 Å². The quantitative estimate of drug-likeness (QED) is 0.792. The van der Waals surface area contributed by atoms with Gasteiger partial charge in [0.15, 0.2) is 0 Å². The summed E-state index contributed by atoms with van der Waals surface area (Å²) in [7, 11) is 0. The molecule has 2 aromatic rings. The van der Waals surface area contributed by atoms with E-state index < -0.39 is 5.97 Å². The minimum Gasteiger partial charge on any atom is -0.462 e. The standard InChI is InChI=1S/C17H21N3O4/c1-4-24-16(22)13-5-7-14(8-6-13)19-15(21)9-10-20-12(3)11(2)18-17(20)23/h5-8H,4,9-10H2,1-3H3,(H,18,23)(H,19,21). The average Bonchev–Trinajstić information content (AvgIpc) is 2.79. The van der Waals surface area contributed by atoms with E-state index in [0.29, 0.717) is 24.4 Å². The SMILES string of the molecule is CCOC(=O)c1ccc(NC(=O)CCn2c(C)c(C)[nH]c2=O)cc1. The second-order valence-electron chi connectivity index (χ2n) is 5.39. The Kier molecular flexibility index (Phi) is 5.57. The van der Waals surface area contributed by atoms with Gasteiger partial charge in [0.05, 0.1) is 12.2 Å². The summed E-state index contributed by atoms with van der Waals surface area (Å²) in [4.78, 5) is 38.0. The first-order chi connectivity index (χ1) is 11.4. The maximum atomic E-state index is 12.0. The van der Waals surface area contributed by atoms with Gasteiger partial charge in [0.1, 0.15) is 0 Å². The molecule has 24 heavy (non-hydrogen) atoms. The van der Waals surface area contributed by atoms with Crippen molar-refractivity contribution in [1.29, 1.82) is 0 Å². The second-order valence-corrected chi connectivity index (χ2v) is 5.39. The highest BCUT2D eigenvalue weighted by atomic mass is 16.5. The lowest BCUT2D eigenvalue weighted by Gasteiger charge is -2.07. The van der Waals surface area contributed by atoms with Crippen LogP contribution in [0.4, 0.5) is 5.69 Å². The molecule has 0 aliphatic rings. The van der Waals surface area contributed by atoms with Crippen LogP contribution in [0.2, 0.25) is 0 Å². The molecule has 0 saturated carbocycles. The van der Waals surface area contributed by atoms with Crippen molar-refractivity contribution >= 4 is 17.6 Å². The number of anilines is 1. The topological polar surface area (TPSA) is 93.2 Å². The van der Waals surface area contributed by atoms with Crippen LogP contribution >= 0.6 is 0 Å². The molecule has 7 nitrogen and oxygen atoms in total. The Bertz CT molecular complexity index is 787. The first kappa shape index (κ1) is 17.5. The highest BCUT2D eigenvalue weighted by molar-refractivity contribution is 5.93. The molecule has 0 saturated heterocycles. The van der Waals surface area contributed by atoms with E-state index in [4.69, 9.17) is 4.74 Å². The van der Waals surface area contributed by atoms with E-state index >= 15 is 0 Å². The summed E-state index contributed by atoms with van der Waals surface area (Å²) in [5.41, 5.74) is 2.43. The van der Waals surface area contributed by atoms with Crippen molar-refractivity contribution in [1.82, 2.24) is 9.55 Å². The predicted octanol–water partition coefficient (Wildman–Crippen LogP) is 2.00. The van der Waals surface area contributed by atoms with Crippen LogP contribution in [0, 0.1) is 13.8 Å². The zero-order valence-electron chi connectivity index (χ0n) is 14.0. The van der Waals surface area contributed by atoms with E-state index in [1.165, 1.54) is 0 Å². The highest BCUT2D eigenvalue weighted by Crippen LogP contribution is 2.11. The second kappa shape index (κ2) is 7.63. The number of amides is 1. The first-order valence-electron chi connectivity index (χ1n) is 7.75. The van der Waals surface area contributed by atoms with Gasteiger partial charge in [0.2, 0.25) is 5.91 Å². The normalized spacial score (nSPS) is 10.5. The number of esters is 1. The van der Waals surface area contributed by atoms with Gasteiger partial charge in [-0.1, -0.05) is 0 Å². The van der Waals surface area contributed by atoms with E-state index in [9.17, 15) is 14.4 Å². The minimum absolute atomic E-state index is 0.178. The van der Waals surface area contributed by atoms with Gasteiger partial charge in [-0.2, -0.15) is 0 Å². The van der Waals surface area contributed by atoms with Gasteiger partial charge in [-0.15, -0.1) is 0 Å².